The molecular formula is C21H21ClN2O5. The third kappa shape index (κ3) is 4.86. The first-order valence-electron chi connectivity index (χ1n) is 9.05. The third-order valence-electron chi connectivity index (χ3n) is 4.65. The summed E-state index contributed by atoms with van der Waals surface area (Å²) in [6.45, 7) is 1.61. The van der Waals surface area contributed by atoms with Crippen LogP contribution < -0.4 is 15.0 Å². The molecule has 0 aromatic heterocycles. The minimum Gasteiger partial charge on any atom is -0.495 e. The van der Waals surface area contributed by atoms with Crippen LogP contribution in [0.25, 0.3) is 0 Å². The maximum absolute atomic E-state index is 12.3. The number of rotatable bonds is 6. The molecule has 8 heteroatoms. The summed E-state index contributed by atoms with van der Waals surface area (Å²) in [7, 11) is 1.50. The molecular weight excluding hydrogens is 396 g/mol. The summed E-state index contributed by atoms with van der Waals surface area (Å²) >= 11 is 6.13. The fraction of sp³-hybridized carbons (Fsp3) is 0.286. The molecule has 1 unspecified atom stereocenters. The summed E-state index contributed by atoms with van der Waals surface area (Å²) < 4.78 is 10.3. The Morgan fingerprint density at radius 2 is 2.00 bits per heavy atom. The van der Waals surface area contributed by atoms with Crippen molar-refractivity contribution in [2.45, 2.75) is 13.3 Å². The molecule has 1 fully saturated rings. The average Bonchev–Trinajstić information content (AvgIpc) is 3.10. The molecule has 0 aliphatic carbocycles. The maximum atomic E-state index is 12.3. The number of benzene rings is 2. The topological polar surface area (TPSA) is 84.9 Å². The summed E-state index contributed by atoms with van der Waals surface area (Å²) in [5.41, 5.74) is 2.02. The van der Waals surface area contributed by atoms with Crippen molar-refractivity contribution in [2.24, 2.45) is 5.92 Å². The molecule has 0 bridgehead atoms. The highest BCUT2D eigenvalue weighted by molar-refractivity contribution is 6.31. The molecule has 1 saturated heterocycles. The molecule has 1 aliphatic rings. The number of ether oxygens (including phenoxy) is 2. The molecule has 1 atom stereocenters. The van der Waals surface area contributed by atoms with Crippen LogP contribution in [0, 0.1) is 12.8 Å². The highest BCUT2D eigenvalue weighted by Crippen LogP contribution is 2.29. The lowest BCUT2D eigenvalue weighted by molar-refractivity contribution is -0.151. The zero-order valence-electron chi connectivity index (χ0n) is 16.1. The molecule has 29 heavy (non-hydrogen) atoms. The molecule has 152 valence electrons. The van der Waals surface area contributed by atoms with Crippen LogP contribution in [0.1, 0.15) is 12.0 Å². The summed E-state index contributed by atoms with van der Waals surface area (Å²) in [4.78, 5) is 38.2. The molecule has 1 N–H and O–H groups in total. The lowest BCUT2D eigenvalue weighted by atomic mass is 10.1. The first-order valence-corrected chi connectivity index (χ1v) is 9.43. The molecule has 0 radical (unpaired) electrons. The fourth-order valence-electron chi connectivity index (χ4n) is 3.05. The largest absolute Gasteiger partial charge is 0.495 e. The zero-order chi connectivity index (χ0) is 21.0. The van der Waals surface area contributed by atoms with Gasteiger partial charge in [-0.1, -0.05) is 29.8 Å². The molecule has 7 nitrogen and oxygen atoms in total. The SMILES string of the molecule is COc1ccccc1NC(=O)COC(=O)C1CC(=O)N(c2ccc(C)c(Cl)c2)C1. The van der Waals surface area contributed by atoms with Gasteiger partial charge in [0.25, 0.3) is 5.91 Å². The van der Waals surface area contributed by atoms with Gasteiger partial charge >= 0.3 is 5.97 Å². The number of methoxy groups -OCH3 is 1. The van der Waals surface area contributed by atoms with E-state index in [9.17, 15) is 14.4 Å². The van der Waals surface area contributed by atoms with E-state index < -0.39 is 24.4 Å². The van der Waals surface area contributed by atoms with Crippen LogP contribution >= 0.6 is 11.6 Å². The Balaban J connectivity index is 1.55. The van der Waals surface area contributed by atoms with Crippen LogP contribution in [-0.4, -0.2) is 38.0 Å². The second-order valence-electron chi connectivity index (χ2n) is 6.70. The van der Waals surface area contributed by atoms with Crippen molar-refractivity contribution in [1.82, 2.24) is 0 Å². The van der Waals surface area contributed by atoms with Crippen molar-refractivity contribution in [2.75, 3.05) is 30.5 Å². The second-order valence-corrected chi connectivity index (χ2v) is 7.10. The van der Waals surface area contributed by atoms with Gasteiger partial charge in [-0.3, -0.25) is 14.4 Å². The quantitative estimate of drug-likeness (QED) is 0.731. The van der Waals surface area contributed by atoms with Crippen LogP contribution in [-0.2, 0) is 19.1 Å². The van der Waals surface area contributed by atoms with E-state index in [-0.39, 0.29) is 18.9 Å². The highest BCUT2D eigenvalue weighted by Gasteiger charge is 2.36. The lowest BCUT2D eigenvalue weighted by Gasteiger charge is -2.17. The first-order chi connectivity index (χ1) is 13.9. The van der Waals surface area contributed by atoms with Crippen molar-refractivity contribution in [1.29, 1.82) is 0 Å². The van der Waals surface area contributed by atoms with Gasteiger partial charge in [0.2, 0.25) is 5.91 Å². The van der Waals surface area contributed by atoms with E-state index in [1.54, 1.807) is 36.4 Å². The van der Waals surface area contributed by atoms with Crippen LogP contribution in [0.4, 0.5) is 11.4 Å². The predicted molar refractivity (Wildman–Crippen MR) is 109 cm³/mol. The van der Waals surface area contributed by atoms with E-state index in [1.165, 1.54) is 12.0 Å². The van der Waals surface area contributed by atoms with E-state index in [1.807, 2.05) is 13.0 Å². The highest BCUT2D eigenvalue weighted by atomic mass is 35.5. The van der Waals surface area contributed by atoms with Gasteiger partial charge in [-0.2, -0.15) is 0 Å². The number of nitrogens with one attached hydrogen (secondary N) is 1. The molecule has 2 amide bonds. The summed E-state index contributed by atoms with van der Waals surface area (Å²) in [5.74, 6) is -1.41. The van der Waals surface area contributed by atoms with Crippen molar-refractivity contribution in [3.8, 4) is 5.75 Å². The number of carbonyl (C=O) groups excluding carboxylic acids is 3. The van der Waals surface area contributed by atoms with Gasteiger partial charge in [-0.25, -0.2) is 0 Å². The van der Waals surface area contributed by atoms with Crippen molar-refractivity contribution in [3.63, 3.8) is 0 Å². The molecule has 0 spiro atoms. The Kier molecular flexibility index (Phi) is 6.39. The molecule has 1 aliphatic heterocycles. The van der Waals surface area contributed by atoms with Gasteiger partial charge in [0.1, 0.15) is 5.75 Å². The van der Waals surface area contributed by atoms with Crippen molar-refractivity contribution >= 4 is 40.8 Å². The third-order valence-corrected chi connectivity index (χ3v) is 5.06. The van der Waals surface area contributed by atoms with Crippen molar-refractivity contribution in [3.05, 3.63) is 53.1 Å². The standard InChI is InChI=1S/C21H21ClN2O5/c1-13-7-8-15(10-16(13)22)24-11-14(9-20(24)26)21(27)29-12-19(25)23-17-5-3-4-6-18(17)28-2/h3-8,10,14H,9,11-12H2,1-2H3,(H,23,25). The van der Waals surface area contributed by atoms with Crippen LogP contribution in [0.15, 0.2) is 42.5 Å². The fourth-order valence-corrected chi connectivity index (χ4v) is 3.23. The molecule has 2 aromatic carbocycles. The monoisotopic (exact) mass is 416 g/mol. The first kappa shape index (κ1) is 20.7. The number of nitrogens with zero attached hydrogens (tertiary/aromatic N) is 1. The van der Waals surface area contributed by atoms with Gasteiger partial charge in [-0.15, -0.1) is 0 Å². The van der Waals surface area contributed by atoms with E-state index in [4.69, 9.17) is 21.1 Å². The minimum absolute atomic E-state index is 0.0262. The lowest BCUT2D eigenvalue weighted by Crippen LogP contribution is -2.28. The van der Waals surface area contributed by atoms with Crippen LogP contribution in [0.3, 0.4) is 0 Å². The molecule has 2 aromatic rings. The number of para-hydroxylation sites is 2. The Hall–Kier alpha value is -3.06. The van der Waals surface area contributed by atoms with E-state index in [2.05, 4.69) is 5.32 Å². The number of hydrogen-bond donors (Lipinski definition) is 1. The molecule has 3 rings (SSSR count). The molecule has 0 saturated carbocycles. The number of esters is 1. The summed E-state index contributed by atoms with van der Waals surface area (Å²) in [6, 6.07) is 12.2. The number of amides is 2. The average molecular weight is 417 g/mol. The van der Waals surface area contributed by atoms with Crippen LogP contribution in [0.2, 0.25) is 5.02 Å². The van der Waals surface area contributed by atoms with Gasteiger partial charge < -0.3 is 19.7 Å². The number of hydrogen-bond acceptors (Lipinski definition) is 5. The Labute approximate surface area is 173 Å². The summed E-state index contributed by atoms with van der Waals surface area (Å²) in [5, 5.41) is 3.18. The Morgan fingerprint density at radius 1 is 1.24 bits per heavy atom. The van der Waals surface area contributed by atoms with Gasteiger partial charge in [0, 0.05) is 23.7 Å². The number of halogens is 1. The van der Waals surface area contributed by atoms with E-state index in [0.29, 0.717) is 22.1 Å². The van der Waals surface area contributed by atoms with Crippen molar-refractivity contribution < 1.29 is 23.9 Å². The van der Waals surface area contributed by atoms with Gasteiger partial charge in [-0.05, 0) is 36.8 Å². The predicted octanol–water partition coefficient (Wildman–Crippen LogP) is 3.19. The van der Waals surface area contributed by atoms with Gasteiger partial charge in [0.05, 0.1) is 18.7 Å². The number of aryl methyl sites for hydroxylation is 1. The maximum Gasteiger partial charge on any atom is 0.311 e. The smallest absolute Gasteiger partial charge is 0.311 e. The second kappa shape index (κ2) is 8.96. The zero-order valence-corrected chi connectivity index (χ0v) is 16.9. The van der Waals surface area contributed by atoms with Gasteiger partial charge in [0.15, 0.2) is 6.61 Å². The molecule has 1 heterocycles. The Bertz CT molecular complexity index is 946. The van der Waals surface area contributed by atoms with E-state index >= 15 is 0 Å². The van der Waals surface area contributed by atoms with E-state index in [0.717, 1.165) is 5.56 Å². The summed E-state index contributed by atoms with van der Waals surface area (Å²) in [6.07, 6.45) is 0.0262. The number of carbonyl (C=O) groups is 3. The minimum atomic E-state index is -0.637. The normalized spacial score (nSPS) is 15.9. The van der Waals surface area contributed by atoms with Crippen LogP contribution in [0.5, 0.6) is 5.75 Å². The number of anilines is 2. The Morgan fingerprint density at radius 3 is 2.72 bits per heavy atom.